The van der Waals surface area contributed by atoms with Crippen LogP contribution in [0, 0.1) is 11.2 Å². The average molecular weight is 401 g/mol. The molecule has 1 aliphatic rings. The highest BCUT2D eigenvalue weighted by atomic mass is 19.1. The molecule has 3 rings (SSSR count). The van der Waals surface area contributed by atoms with Crippen LogP contribution in [0.4, 0.5) is 4.39 Å². The molecule has 7 heteroatoms. The summed E-state index contributed by atoms with van der Waals surface area (Å²) in [5.74, 6) is -0.565. The van der Waals surface area contributed by atoms with Gasteiger partial charge in [0.25, 0.3) is 0 Å². The molecule has 0 aliphatic carbocycles. The number of ether oxygens (including phenoxy) is 1. The Labute approximate surface area is 170 Å². The normalized spacial score (nSPS) is 19.2. The van der Waals surface area contributed by atoms with Gasteiger partial charge < -0.3 is 9.64 Å². The summed E-state index contributed by atoms with van der Waals surface area (Å²) >= 11 is 0. The first kappa shape index (κ1) is 21.0. The van der Waals surface area contributed by atoms with Crippen LogP contribution in [0.3, 0.4) is 0 Å². The summed E-state index contributed by atoms with van der Waals surface area (Å²) in [7, 11) is 1.85. The molecule has 2 heterocycles. The third-order valence-corrected chi connectivity index (χ3v) is 5.48. The maximum absolute atomic E-state index is 13.3. The number of hydrogen-bond donors (Lipinski definition) is 0. The van der Waals surface area contributed by atoms with Crippen LogP contribution in [0.15, 0.2) is 36.7 Å². The van der Waals surface area contributed by atoms with Gasteiger partial charge in [0.1, 0.15) is 5.82 Å². The minimum atomic E-state index is -0.796. The largest absolute Gasteiger partial charge is 0.466 e. The lowest BCUT2D eigenvalue weighted by Crippen LogP contribution is -2.51. The monoisotopic (exact) mass is 401 g/mol. The van der Waals surface area contributed by atoms with Crippen molar-refractivity contribution in [3.63, 3.8) is 0 Å². The van der Waals surface area contributed by atoms with Crippen molar-refractivity contribution in [3.8, 4) is 0 Å². The van der Waals surface area contributed by atoms with Gasteiger partial charge in [-0.3, -0.25) is 14.3 Å². The van der Waals surface area contributed by atoms with Crippen molar-refractivity contribution in [1.29, 1.82) is 0 Å². The fourth-order valence-corrected chi connectivity index (χ4v) is 4.02. The third-order valence-electron chi connectivity index (χ3n) is 5.48. The number of carbonyl (C=O) groups excluding carboxylic acids is 2. The third kappa shape index (κ3) is 5.22. The SMILES string of the molecule is CCOC(=O)C1(Cc2ccc(F)cc2)CCCN(C(=O)CCc2cnn(C)c2)C1. The molecule has 2 aromatic rings. The van der Waals surface area contributed by atoms with Gasteiger partial charge in [-0.2, -0.15) is 5.10 Å². The number of benzene rings is 1. The van der Waals surface area contributed by atoms with Crippen molar-refractivity contribution >= 4 is 11.9 Å². The summed E-state index contributed by atoms with van der Waals surface area (Å²) in [5, 5.41) is 4.13. The van der Waals surface area contributed by atoms with Crippen LogP contribution in [0.25, 0.3) is 0 Å². The van der Waals surface area contributed by atoms with Crippen molar-refractivity contribution in [3.05, 3.63) is 53.6 Å². The zero-order chi connectivity index (χ0) is 20.9. The Morgan fingerprint density at radius 2 is 2.00 bits per heavy atom. The Bertz CT molecular complexity index is 849. The zero-order valence-electron chi connectivity index (χ0n) is 17.1. The minimum Gasteiger partial charge on any atom is -0.466 e. The van der Waals surface area contributed by atoms with E-state index in [-0.39, 0.29) is 17.7 Å². The van der Waals surface area contributed by atoms with Gasteiger partial charge in [-0.15, -0.1) is 0 Å². The fraction of sp³-hybridized carbons (Fsp3) is 0.500. The molecule has 0 N–H and O–H groups in total. The number of aromatic nitrogens is 2. The first-order valence-electron chi connectivity index (χ1n) is 10.1. The molecule has 0 saturated carbocycles. The second-order valence-corrected chi connectivity index (χ2v) is 7.75. The molecule has 1 aromatic heterocycles. The predicted molar refractivity (Wildman–Crippen MR) is 107 cm³/mol. The van der Waals surface area contributed by atoms with Crippen molar-refractivity contribution in [2.75, 3.05) is 19.7 Å². The Balaban J connectivity index is 1.72. The molecular formula is C22H28FN3O3. The number of likely N-dealkylation sites (tertiary alicyclic amines) is 1. The molecule has 1 fully saturated rings. The lowest BCUT2D eigenvalue weighted by atomic mass is 9.75. The van der Waals surface area contributed by atoms with E-state index in [0.29, 0.717) is 45.4 Å². The summed E-state index contributed by atoms with van der Waals surface area (Å²) < 4.78 is 20.4. The van der Waals surface area contributed by atoms with E-state index in [9.17, 15) is 14.0 Å². The molecule has 1 unspecified atom stereocenters. The minimum absolute atomic E-state index is 0.0290. The summed E-state index contributed by atoms with van der Waals surface area (Å²) in [4.78, 5) is 27.5. The van der Waals surface area contributed by atoms with Crippen LogP contribution in [0.2, 0.25) is 0 Å². The van der Waals surface area contributed by atoms with E-state index < -0.39 is 5.41 Å². The van der Waals surface area contributed by atoms with E-state index in [1.807, 2.05) is 13.2 Å². The molecule has 156 valence electrons. The molecule has 1 aliphatic heterocycles. The summed E-state index contributed by atoms with van der Waals surface area (Å²) in [5.41, 5.74) is 1.08. The fourth-order valence-electron chi connectivity index (χ4n) is 4.02. The second kappa shape index (κ2) is 9.20. The predicted octanol–water partition coefficient (Wildman–Crippen LogP) is 2.91. The highest BCUT2D eigenvalue weighted by Crippen LogP contribution is 2.35. The Morgan fingerprint density at radius 1 is 1.24 bits per heavy atom. The first-order valence-corrected chi connectivity index (χ1v) is 10.1. The molecule has 1 aromatic carbocycles. The number of hydrogen-bond acceptors (Lipinski definition) is 4. The van der Waals surface area contributed by atoms with Crippen LogP contribution < -0.4 is 0 Å². The van der Waals surface area contributed by atoms with Gasteiger partial charge in [-0.05, 0) is 55.9 Å². The van der Waals surface area contributed by atoms with Crippen LogP contribution in [0.1, 0.15) is 37.3 Å². The number of aryl methyl sites for hydroxylation is 2. The molecule has 1 saturated heterocycles. The van der Waals surface area contributed by atoms with E-state index >= 15 is 0 Å². The van der Waals surface area contributed by atoms with Crippen LogP contribution in [-0.4, -0.2) is 46.3 Å². The number of esters is 1. The first-order chi connectivity index (χ1) is 13.9. The summed E-state index contributed by atoms with van der Waals surface area (Å²) in [6.07, 6.45) is 6.48. The molecule has 1 amide bonds. The van der Waals surface area contributed by atoms with Crippen LogP contribution >= 0.6 is 0 Å². The van der Waals surface area contributed by atoms with Crippen molar-refractivity contribution in [2.45, 2.75) is 39.0 Å². The van der Waals surface area contributed by atoms with Crippen LogP contribution in [-0.2, 0) is 34.2 Å². The smallest absolute Gasteiger partial charge is 0.314 e. The molecular weight excluding hydrogens is 373 g/mol. The van der Waals surface area contributed by atoms with Gasteiger partial charge in [0.05, 0.1) is 18.2 Å². The Kier molecular flexibility index (Phi) is 6.67. The Hall–Kier alpha value is -2.70. The van der Waals surface area contributed by atoms with Gasteiger partial charge in [-0.25, -0.2) is 4.39 Å². The topological polar surface area (TPSA) is 64.4 Å². The summed E-state index contributed by atoms with van der Waals surface area (Å²) in [6.45, 7) is 3.04. The molecule has 1 atom stereocenters. The van der Waals surface area contributed by atoms with E-state index in [4.69, 9.17) is 4.74 Å². The van der Waals surface area contributed by atoms with Crippen molar-refractivity contribution < 1.29 is 18.7 Å². The highest BCUT2D eigenvalue weighted by Gasteiger charge is 2.44. The van der Waals surface area contributed by atoms with Gasteiger partial charge in [0.15, 0.2) is 0 Å². The van der Waals surface area contributed by atoms with Gasteiger partial charge in [0.2, 0.25) is 5.91 Å². The molecule has 0 radical (unpaired) electrons. The number of carbonyl (C=O) groups is 2. The van der Waals surface area contributed by atoms with Crippen molar-refractivity contribution in [1.82, 2.24) is 14.7 Å². The van der Waals surface area contributed by atoms with Crippen molar-refractivity contribution in [2.24, 2.45) is 12.5 Å². The molecule has 0 spiro atoms. The quantitative estimate of drug-likeness (QED) is 0.669. The number of piperidine rings is 1. The molecule has 29 heavy (non-hydrogen) atoms. The number of halogens is 1. The Morgan fingerprint density at radius 3 is 2.66 bits per heavy atom. The zero-order valence-corrected chi connectivity index (χ0v) is 17.1. The summed E-state index contributed by atoms with van der Waals surface area (Å²) in [6, 6.07) is 6.18. The lowest BCUT2D eigenvalue weighted by Gasteiger charge is -2.41. The van der Waals surface area contributed by atoms with Gasteiger partial charge in [0, 0.05) is 32.8 Å². The number of rotatable bonds is 7. The van der Waals surface area contributed by atoms with Gasteiger partial charge in [-0.1, -0.05) is 12.1 Å². The number of amides is 1. The molecule has 0 bridgehead atoms. The standard InChI is InChI=1S/C22H28FN3O3/c1-3-29-21(28)22(13-17-5-8-19(23)9-6-17)11-4-12-26(16-22)20(27)10-7-18-14-24-25(2)15-18/h5-6,8-9,14-15H,3-4,7,10-13,16H2,1-2H3. The van der Waals surface area contributed by atoms with Gasteiger partial charge >= 0.3 is 5.97 Å². The van der Waals surface area contributed by atoms with E-state index in [1.54, 1.807) is 34.8 Å². The van der Waals surface area contributed by atoms with Crippen LogP contribution in [0.5, 0.6) is 0 Å². The lowest BCUT2D eigenvalue weighted by molar-refractivity contribution is -0.160. The second-order valence-electron chi connectivity index (χ2n) is 7.75. The van der Waals surface area contributed by atoms with E-state index in [0.717, 1.165) is 17.5 Å². The van der Waals surface area contributed by atoms with E-state index in [1.165, 1.54) is 12.1 Å². The van der Waals surface area contributed by atoms with E-state index in [2.05, 4.69) is 5.10 Å². The number of nitrogens with zero attached hydrogens (tertiary/aromatic N) is 3. The maximum Gasteiger partial charge on any atom is 0.314 e. The average Bonchev–Trinajstić information content (AvgIpc) is 3.13. The highest BCUT2D eigenvalue weighted by molar-refractivity contribution is 5.81. The maximum atomic E-state index is 13.3. The molecule has 6 nitrogen and oxygen atoms in total.